The molecule has 0 bridgehead atoms. The van der Waals surface area contributed by atoms with Crippen LogP contribution in [0.2, 0.25) is 0 Å². The molecule has 178 valence electrons. The van der Waals surface area contributed by atoms with Gasteiger partial charge in [-0.15, -0.1) is 0 Å². The zero-order valence-electron chi connectivity index (χ0n) is 18.6. The third kappa shape index (κ3) is 4.53. The Hall–Kier alpha value is -3.12. The fourth-order valence-electron chi connectivity index (χ4n) is 3.55. The Kier molecular flexibility index (Phi) is 6.44. The molecule has 33 heavy (non-hydrogen) atoms. The highest BCUT2D eigenvalue weighted by atomic mass is 32.2. The van der Waals surface area contributed by atoms with Crippen LogP contribution in [0.1, 0.15) is 36.8 Å². The molecule has 1 aliphatic rings. The van der Waals surface area contributed by atoms with E-state index in [2.05, 4.69) is 20.4 Å². The third-order valence-electron chi connectivity index (χ3n) is 5.61. The molecule has 12 heteroatoms. The number of pyridine rings is 1. The quantitative estimate of drug-likeness (QED) is 0.603. The molecule has 1 aromatic heterocycles. The third-order valence-corrected chi connectivity index (χ3v) is 8.05. The lowest BCUT2D eigenvalue weighted by Gasteiger charge is -2.33. The second-order valence-electron chi connectivity index (χ2n) is 8.38. The summed E-state index contributed by atoms with van der Waals surface area (Å²) in [4.78, 5) is 16.5. The van der Waals surface area contributed by atoms with Crippen LogP contribution in [0.25, 0.3) is 0 Å². The van der Waals surface area contributed by atoms with Crippen LogP contribution in [0.4, 0.5) is 14.5 Å². The number of carbonyl (C=O) groups is 1. The van der Waals surface area contributed by atoms with Crippen molar-refractivity contribution in [1.29, 1.82) is 5.41 Å². The van der Waals surface area contributed by atoms with Crippen molar-refractivity contribution in [2.45, 2.75) is 31.1 Å². The van der Waals surface area contributed by atoms with Crippen LogP contribution in [0.5, 0.6) is 5.75 Å². The number of hydrogen-bond acceptors (Lipinski definition) is 6. The molecule has 0 radical (unpaired) electrons. The van der Waals surface area contributed by atoms with E-state index in [9.17, 15) is 22.0 Å². The summed E-state index contributed by atoms with van der Waals surface area (Å²) in [7, 11) is -2.50. The van der Waals surface area contributed by atoms with E-state index in [1.54, 1.807) is 6.92 Å². The number of halogens is 2. The molecule has 1 amide bonds. The predicted molar refractivity (Wildman–Crippen MR) is 119 cm³/mol. The number of likely N-dealkylation sites (N-methyl/N-ethyl adjacent to an activating group) is 1. The number of hydrogen-bond donors (Lipinski definition) is 3. The monoisotopic (exact) mass is 481 g/mol. The molecule has 0 unspecified atom stereocenters. The van der Waals surface area contributed by atoms with Crippen molar-refractivity contribution in [3.8, 4) is 5.75 Å². The lowest BCUT2D eigenvalue weighted by atomic mass is 9.90. The topological polar surface area (TPSA) is 124 Å². The molecule has 0 saturated carbocycles. The van der Waals surface area contributed by atoms with Crippen molar-refractivity contribution >= 4 is 27.5 Å². The molecular formula is C21H25F2N5O4S. The summed E-state index contributed by atoms with van der Waals surface area (Å²) < 4.78 is 57.1. The number of amidine groups is 1. The van der Waals surface area contributed by atoms with E-state index in [0.717, 1.165) is 10.4 Å². The number of alkyl halides is 1. The summed E-state index contributed by atoms with van der Waals surface area (Å²) in [5.41, 5.74) is -0.947. The predicted octanol–water partition coefficient (Wildman–Crippen LogP) is 2.61. The van der Waals surface area contributed by atoms with Crippen molar-refractivity contribution < 1.29 is 26.7 Å². The Labute approximate surface area is 190 Å². The van der Waals surface area contributed by atoms with E-state index in [1.165, 1.54) is 51.4 Å². The molecule has 0 spiro atoms. The van der Waals surface area contributed by atoms with Crippen LogP contribution in [0, 0.1) is 11.2 Å². The van der Waals surface area contributed by atoms with E-state index >= 15 is 0 Å². The lowest BCUT2D eigenvalue weighted by molar-refractivity contribution is 0.102. The van der Waals surface area contributed by atoms with Gasteiger partial charge in [0.15, 0.2) is 0 Å². The van der Waals surface area contributed by atoms with Gasteiger partial charge in [0.05, 0.1) is 11.7 Å². The molecule has 3 rings (SSSR count). The van der Waals surface area contributed by atoms with Gasteiger partial charge in [0.1, 0.15) is 27.8 Å². The maximum atomic E-state index is 14.9. The summed E-state index contributed by atoms with van der Waals surface area (Å²) in [6.07, 6.45) is 1.20. The highest BCUT2D eigenvalue weighted by Gasteiger charge is 2.49. The van der Waals surface area contributed by atoms with Gasteiger partial charge in [0.25, 0.3) is 5.91 Å². The van der Waals surface area contributed by atoms with Crippen LogP contribution < -0.4 is 15.4 Å². The number of aromatic nitrogens is 1. The first-order chi connectivity index (χ1) is 15.3. The number of sulfonamides is 1. The number of carbonyl (C=O) groups excluding carboxylic acids is 1. The summed E-state index contributed by atoms with van der Waals surface area (Å²) in [6.45, 7) is 3.23. The Morgan fingerprint density at radius 1 is 1.30 bits per heavy atom. The van der Waals surface area contributed by atoms with Crippen molar-refractivity contribution in [3.05, 3.63) is 53.6 Å². The van der Waals surface area contributed by atoms with E-state index in [0.29, 0.717) is 0 Å². The largest absolute Gasteiger partial charge is 0.461 e. The number of nitrogens with zero attached hydrogens (tertiary/aromatic N) is 2. The minimum Gasteiger partial charge on any atom is -0.461 e. The number of rotatable bonds is 5. The first kappa shape index (κ1) is 24.5. The van der Waals surface area contributed by atoms with E-state index < -0.39 is 38.9 Å². The number of benzene rings is 1. The van der Waals surface area contributed by atoms with E-state index in [-0.39, 0.29) is 35.1 Å². The number of nitrogens with one attached hydrogen (secondary N) is 3. The van der Waals surface area contributed by atoms with Crippen molar-refractivity contribution in [2.75, 3.05) is 25.8 Å². The molecule has 1 atom stereocenters. The minimum absolute atomic E-state index is 0.0280. The summed E-state index contributed by atoms with van der Waals surface area (Å²) in [5, 5.41) is 13.8. The van der Waals surface area contributed by atoms with Gasteiger partial charge in [0, 0.05) is 24.8 Å². The van der Waals surface area contributed by atoms with Crippen LogP contribution in [-0.2, 0) is 15.6 Å². The molecular weight excluding hydrogens is 456 g/mol. The Morgan fingerprint density at radius 3 is 2.61 bits per heavy atom. The second kappa shape index (κ2) is 8.67. The molecule has 2 aromatic rings. The maximum absolute atomic E-state index is 14.9. The normalized spacial score (nSPS) is 22.2. The molecule has 3 N–H and O–H groups in total. The molecule has 1 aromatic carbocycles. The van der Waals surface area contributed by atoms with Crippen molar-refractivity contribution in [3.63, 3.8) is 0 Å². The van der Waals surface area contributed by atoms with Gasteiger partial charge < -0.3 is 15.4 Å². The molecule has 1 saturated heterocycles. The Balaban J connectivity index is 1.92. The number of ether oxygens (including phenoxy) is 1. The first-order valence-electron chi connectivity index (χ1n) is 9.91. The Bertz CT molecular complexity index is 1190. The SMILES string of the molecule is CN1C[C@@](C)(c2cc(NC(=O)c3ccc(OCF)cn3)ccc2F)NC(=N)C(C)(C)S1(=O)=O. The van der Waals surface area contributed by atoms with Gasteiger partial charge in [-0.25, -0.2) is 26.5 Å². The second-order valence-corrected chi connectivity index (χ2v) is 11.0. The zero-order valence-corrected chi connectivity index (χ0v) is 19.4. The minimum atomic E-state index is -3.88. The average Bonchev–Trinajstić information content (AvgIpc) is 2.79. The van der Waals surface area contributed by atoms with E-state index in [1.807, 2.05) is 0 Å². The molecule has 0 aliphatic carbocycles. The number of anilines is 1. The van der Waals surface area contributed by atoms with Crippen LogP contribution in [0.15, 0.2) is 36.5 Å². The Morgan fingerprint density at radius 2 is 2.00 bits per heavy atom. The molecule has 1 fully saturated rings. The van der Waals surface area contributed by atoms with Gasteiger partial charge in [0.2, 0.25) is 16.9 Å². The molecule has 9 nitrogen and oxygen atoms in total. The van der Waals surface area contributed by atoms with Gasteiger partial charge in [-0.1, -0.05) is 0 Å². The summed E-state index contributed by atoms with van der Waals surface area (Å²) in [6, 6.07) is 6.62. The van der Waals surface area contributed by atoms with Gasteiger partial charge in [-0.05, 0) is 51.1 Å². The van der Waals surface area contributed by atoms with Crippen LogP contribution in [-0.4, -0.2) is 54.6 Å². The van der Waals surface area contributed by atoms with Gasteiger partial charge in [-0.3, -0.25) is 10.2 Å². The smallest absolute Gasteiger partial charge is 0.274 e. The number of amides is 1. The standard InChI is InChI=1S/C21H25F2N5O4S/c1-20(2)19(24)27-21(3,11-28(4)33(20,30)31)15-9-13(5-7-16(15)23)26-18(29)17-8-6-14(10-25-17)32-12-22/h5-10H,11-12H2,1-4H3,(H2,24,27)(H,26,29)/t21-/m0/s1. The summed E-state index contributed by atoms with van der Waals surface area (Å²) >= 11 is 0. The van der Waals surface area contributed by atoms with Gasteiger partial charge in [-0.2, -0.15) is 0 Å². The molecule has 2 heterocycles. The maximum Gasteiger partial charge on any atom is 0.274 e. The summed E-state index contributed by atoms with van der Waals surface area (Å²) in [5.74, 6) is -1.34. The van der Waals surface area contributed by atoms with Crippen LogP contribution >= 0.6 is 0 Å². The average molecular weight is 482 g/mol. The fraction of sp³-hybridized carbons (Fsp3) is 0.381. The first-order valence-corrected chi connectivity index (χ1v) is 11.3. The van der Waals surface area contributed by atoms with Crippen LogP contribution in [0.3, 0.4) is 0 Å². The van der Waals surface area contributed by atoms with E-state index in [4.69, 9.17) is 5.41 Å². The molecule has 1 aliphatic heterocycles. The van der Waals surface area contributed by atoms with Crippen molar-refractivity contribution in [2.24, 2.45) is 0 Å². The highest BCUT2D eigenvalue weighted by Crippen LogP contribution is 2.34. The van der Waals surface area contributed by atoms with Gasteiger partial charge >= 0.3 is 0 Å². The zero-order chi connectivity index (χ0) is 24.6. The van der Waals surface area contributed by atoms with Crippen molar-refractivity contribution in [1.82, 2.24) is 14.6 Å². The lowest BCUT2D eigenvalue weighted by Crippen LogP contribution is -2.51. The fourth-order valence-corrected chi connectivity index (χ4v) is 5.07. The highest BCUT2D eigenvalue weighted by molar-refractivity contribution is 7.91.